The first-order chi connectivity index (χ1) is 12.1. The number of rotatable bonds is 7. The van der Waals surface area contributed by atoms with Crippen LogP contribution in [0.1, 0.15) is 37.4 Å². The van der Waals surface area contributed by atoms with Gasteiger partial charge in [0.25, 0.3) is 0 Å². The van der Waals surface area contributed by atoms with E-state index in [4.69, 9.17) is 21.7 Å². The van der Waals surface area contributed by atoms with Gasteiger partial charge in [-0.25, -0.2) is 0 Å². The topological polar surface area (TPSA) is 42.5 Å². The number of benzene rings is 2. The summed E-state index contributed by atoms with van der Waals surface area (Å²) in [5, 5.41) is 7.06. The Bertz CT molecular complexity index is 701. The third-order valence-electron chi connectivity index (χ3n) is 4.01. The number of methoxy groups -OCH3 is 2. The van der Waals surface area contributed by atoms with Gasteiger partial charge in [0.05, 0.1) is 20.3 Å². The molecule has 0 bridgehead atoms. The van der Waals surface area contributed by atoms with Crippen LogP contribution in [0, 0.1) is 0 Å². The Morgan fingerprint density at radius 1 is 1.04 bits per heavy atom. The predicted octanol–water partition coefficient (Wildman–Crippen LogP) is 4.70. The fraction of sp³-hybridized carbons (Fsp3) is 0.350. The highest BCUT2D eigenvalue weighted by molar-refractivity contribution is 7.80. The number of aryl methyl sites for hydroxylation is 1. The lowest BCUT2D eigenvalue weighted by Gasteiger charge is -2.18. The monoisotopic (exact) mass is 358 g/mol. The molecule has 2 aromatic carbocycles. The zero-order chi connectivity index (χ0) is 18.2. The second-order valence-electron chi connectivity index (χ2n) is 5.88. The second-order valence-corrected chi connectivity index (χ2v) is 6.29. The van der Waals surface area contributed by atoms with Gasteiger partial charge >= 0.3 is 0 Å². The minimum absolute atomic E-state index is 0.121. The van der Waals surface area contributed by atoms with E-state index >= 15 is 0 Å². The largest absolute Gasteiger partial charge is 0.493 e. The van der Waals surface area contributed by atoms with Crippen LogP contribution in [0.4, 0.5) is 5.69 Å². The van der Waals surface area contributed by atoms with Gasteiger partial charge in [0.2, 0.25) is 0 Å². The molecule has 0 aliphatic carbocycles. The van der Waals surface area contributed by atoms with E-state index in [1.165, 1.54) is 11.1 Å². The van der Waals surface area contributed by atoms with E-state index in [0.717, 1.165) is 18.5 Å². The molecule has 2 rings (SSSR count). The van der Waals surface area contributed by atoms with E-state index in [9.17, 15) is 0 Å². The molecule has 0 amide bonds. The molecule has 134 valence electrons. The molecule has 4 nitrogen and oxygen atoms in total. The number of hydrogen-bond acceptors (Lipinski definition) is 3. The maximum Gasteiger partial charge on any atom is 0.171 e. The average Bonchev–Trinajstić information content (AvgIpc) is 2.62. The summed E-state index contributed by atoms with van der Waals surface area (Å²) in [6, 6.07) is 14.4. The van der Waals surface area contributed by atoms with Gasteiger partial charge in [0, 0.05) is 11.8 Å². The maximum atomic E-state index is 5.43. The Labute approximate surface area is 155 Å². The lowest BCUT2D eigenvalue weighted by molar-refractivity contribution is 0.355. The first-order valence-electron chi connectivity index (χ1n) is 8.45. The molecular formula is C20H26N2O2S. The summed E-state index contributed by atoms with van der Waals surface area (Å²) in [7, 11) is 3.23. The molecule has 0 aromatic heterocycles. The van der Waals surface area contributed by atoms with Crippen molar-refractivity contribution < 1.29 is 9.47 Å². The summed E-state index contributed by atoms with van der Waals surface area (Å²) in [5.74, 6) is 1.35. The molecule has 0 spiro atoms. The lowest BCUT2D eigenvalue weighted by atomic mass is 10.0. The lowest BCUT2D eigenvalue weighted by Crippen LogP contribution is -2.30. The van der Waals surface area contributed by atoms with Crippen molar-refractivity contribution in [2.24, 2.45) is 0 Å². The molecule has 0 fully saturated rings. The number of hydrogen-bond donors (Lipinski definition) is 2. The van der Waals surface area contributed by atoms with Crippen molar-refractivity contribution in [2.45, 2.75) is 32.7 Å². The third kappa shape index (κ3) is 5.36. The van der Waals surface area contributed by atoms with Gasteiger partial charge in [0.15, 0.2) is 16.6 Å². The van der Waals surface area contributed by atoms with Crippen LogP contribution in [0.3, 0.4) is 0 Å². The average molecular weight is 359 g/mol. The normalized spacial score (nSPS) is 11.5. The summed E-state index contributed by atoms with van der Waals surface area (Å²) in [4.78, 5) is 0. The number of nitrogens with one attached hydrogen (secondary N) is 2. The summed E-state index contributed by atoms with van der Waals surface area (Å²) >= 11 is 5.43. The van der Waals surface area contributed by atoms with Crippen LogP contribution in [-0.2, 0) is 6.42 Å². The van der Waals surface area contributed by atoms with Gasteiger partial charge in [-0.2, -0.15) is 0 Å². The minimum Gasteiger partial charge on any atom is -0.493 e. The molecule has 2 aromatic rings. The highest BCUT2D eigenvalue weighted by Gasteiger charge is 2.09. The van der Waals surface area contributed by atoms with E-state index in [1.807, 2.05) is 18.2 Å². The van der Waals surface area contributed by atoms with Crippen molar-refractivity contribution in [2.75, 3.05) is 19.5 Å². The zero-order valence-electron chi connectivity index (χ0n) is 15.3. The van der Waals surface area contributed by atoms with E-state index < -0.39 is 0 Å². The number of thiocarbonyl (C=S) groups is 1. The smallest absolute Gasteiger partial charge is 0.171 e. The van der Waals surface area contributed by atoms with Crippen molar-refractivity contribution in [1.82, 2.24) is 5.32 Å². The Morgan fingerprint density at radius 2 is 1.72 bits per heavy atom. The second kappa shape index (κ2) is 9.28. The number of ether oxygens (including phenoxy) is 2. The van der Waals surface area contributed by atoms with E-state index in [1.54, 1.807) is 14.2 Å². The molecule has 0 aliphatic heterocycles. The molecule has 1 atom stereocenters. The highest BCUT2D eigenvalue weighted by Crippen LogP contribution is 2.29. The van der Waals surface area contributed by atoms with Crippen molar-refractivity contribution in [1.29, 1.82) is 0 Å². The first kappa shape index (κ1) is 19.1. The minimum atomic E-state index is 0.121. The van der Waals surface area contributed by atoms with Gasteiger partial charge in [-0.15, -0.1) is 0 Å². The van der Waals surface area contributed by atoms with Crippen molar-refractivity contribution >= 4 is 23.0 Å². The molecule has 5 heteroatoms. The van der Waals surface area contributed by atoms with Crippen molar-refractivity contribution in [3.63, 3.8) is 0 Å². The van der Waals surface area contributed by atoms with Gasteiger partial charge in [-0.3, -0.25) is 0 Å². The molecular weight excluding hydrogens is 332 g/mol. The molecule has 0 aliphatic rings. The summed E-state index contributed by atoms with van der Waals surface area (Å²) in [6.45, 7) is 4.29. The Kier molecular flexibility index (Phi) is 7.07. The summed E-state index contributed by atoms with van der Waals surface area (Å²) in [6.07, 6.45) is 2.27. The Morgan fingerprint density at radius 3 is 2.32 bits per heavy atom. The quantitative estimate of drug-likeness (QED) is 0.702. The van der Waals surface area contributed by atoms with E-state index in [-0.39, 0.29) is 6.04 Å². The molecule has 25 heavy (non-hydrogen) atoms. The van der Waals surface area contributed by atoms with Crippen LogP contribution in [0.5, 0.6) is 11.5 Å². The van der Waals surface area contributed by atoms with Gasteiger partial charge in [0.1, 0.15) is 0 Å². The highest BCUT2D eigenvalue weighted by atomic mass is 32.1. The first-order valence-corrected chi connectivity index (χ1v) is 8.86. The van der Waals surface area contributed by atoms with Crippen LogP contribution in [0.2, 0.25) is 0 Å². The molecule has 0 radical (unpaired) electrons. The maximum absolute atomic E-state index is 5.43. The third-order valence-corrected chi connectivity index (χ3v) is 4.23. The Balaban J connectivity index is 1.97. The fourth-order valence-electron chi connectivity index (χ4n) is 2.62. The summed E-state index contributed by atoms with van der Waals surface area (Å²) < 4.78 is 10.6. The van der Waals surface area contributed by atoms with Crippen LogP contribution < -0.4 is 20.1 Å². The molecule has 1 unspecified atom stereocenters. The van der Waals surface area contributed by atoms with Gasteiger partial charge in [-0.1, -0.05) is 37.6 Å². The molecule has 2 N–H and O–H groups in total. The summed E-state index contributed by atoms with van der Waals surface area (Å²) in [5.41, 5.74) is 3.42. The predicted molar refractivity (Wildman–Crippen MR) is 108 cm³/mol. The Hall–Kier alpha value is -2.27. The zero-order valence-corrected chi connectivity index (χ0v) is 16.1. The van der Waals surface area contributed by atoms with Crippen LogP contribution >= 0.6 is 12.2 Å². The molecule has 0 saturated heterocycles. The standard InChI is InChI=1S/C20H26N2O2S/c1-5-6-15-7-9-16(10-8-15)14(2)21-20(25)22-17-11-12-18(23-3)19(13-17)24-4/h7-14H,5-6H2,1-4H3,(H2,21,22,25). The van der Waals surface area contributed by atoms with Gasteiger partial charge < -0.3 is 20.1 Å². The van der Waals surface area contributed by atoms with Crippen LogP contribution in [0.25, 0.3) is 0 Å². The fourth-order valence-corrected chi connectivity index (χ4v) is 2.92. The van der Waals surface area contributed by atoms with Crippen LogP contribution in [0.15, 0.2) is 42.5 Å². The molecule has 0 saturated carbocycles. The van der Waals surface area contributed by atoms with Crippen molar-refractivity contribution in [3.8, 4) is 11.5 Å². The van der Waals surface area contributed by atoms with Gasteiger partial charge in [-0.05, 0) is 48.8 Å². The number of anilines is 1. The van der Waals surface area contributed by atoms with E-state index in [2.05, 4.69) is 48.7 Å². The molecule has 0 heterocycles. The van der Waals surface area contributed by atoms with Crippen molar-refractivity contribution in [3.05, 3.63) is 53.6 Å². The SMILES string of the molecule is CCCc1ccc(C(C)NC(=S)Nc2ccc(OC)c(OC)c2)cc1. The van der Waals surface area contributed by atoms with Crippen LogP contribution in [-0.4, -0.2) is 19.3 Å². The van der Waals surface area contributed by atoms with E-state index in [0.29, 0.717) is 16.6 Å².